The summed E-state index contributed by atoms with van der Waals surface area (Å²) in [7, 11) is 0. The van der Waals surface area contributed by atoms with E-state index in [1.807, 2.05) is 0 Å². The van der Waals surface area contributed by atoms with Gasteiger partial charge in [-0.2, -0.15) is 17.6 Å². The van der Waals surface area contributed by atoms with Crippen molar-refractivity contribution in [2.24, 2.45) is 0 Å². The average Bonchev–Trinajstić information content (AvgIpc) is 1.81. The van der Waals surface area contributed by atoms with E-state index in [2.05, 4.69) is 11.6 Å². The first-order valence-corrected chi connectivity index (χ1v) is 3.47. The van der Waals surface area contributed by atoms with Crippen LogP contribution in [0.25, 0.3) is 0 Å². The van der Waals surface area contributed by atoms with Crippen LogP contribution < -0.4 is 0 Å². The number of halogens is 6. The number of alkyl halides is 6. The Balaban J connectivity index is 4.98. The van der Waals surface area contributed by atoms with Crippen LogP contribution in [-0.2, 0) is 4.79 Å². The first-order chi connectivity index (χ1) is 5.40. The summed E-state index contributed by atoms with van der Waals surface area (Å²) >= 11 is 3.95. The van der Waals surface area contributed by atoms with Gasteiger partial charge in [0.1, 0.15) is 0 Å². The van der Waals surface area contributed by atoms with Crippen LogP contribution in [0.5, 0.6) is 0 Å². The predicted molar refractivity (Wildman–Crippen MR) is 35.9 cm³/mol. The topological polar surface area (TPSA) is 17.1 Å². The molecule has 0 aliphatic heterocycles. The largest absolute Gasteiger partial charge is 0.391 e. The molecule has 0 heterocycles. The normalized spacial score (nSPS) is 14.5. The fourth-order valence-corrected chi connectivity index (χ4v) is 0.588. The molecule has 0 rings (SSSR count). The molecule has 0 saturated carbocycles. The lowest BCUT2D eigenvalue weighted by atomic mass is 10.0. The minimum absolute atomic E-state index is 0.450. The predicted octanol–water partition coefficient (Wildman–Crippen LogP) is 2.77. The SMILES string of the molecule is CC(C)(F)C(=O)C(F)(F)C(F)(F)Cl. The Labute approximate surface area is 75.9 Å². The molecule has 0 aromatic heterocycles. The zero-order chi connectivity index (χ0) is 11.1. The lowest BCUT2D eigenvalue weighted by Gasteiger charge is -2.24. The minimum atomic E-state index is -5.20. The van der Waals surface area contributed by atoms with Crippen molar-refractivity contribution in [3.63, 3.8) is 0 Å². The second-order valence-corrected chi connectivity index (χ2v) is 3.35. The van der Waals surface area contributed by atoms with E-state index >= 15 is 0 Å². The maximum Gasteiger partial charge on any atom is 0.391 e. The Bertz CT molecular complexity index is 214. The molecule has 0 atom stereocenters. The summed E-state index contributed by atoms with van der Waals surface area (Å²) in [6.07, 6.45) is 0. The lowest BCUT2D eigenvalue weighted by molar-refractivity contribution is -0.187. The lowest BCUT2D eigenvalue weighted by Crippen LogP contribution is -2.50. The van der Waals surface area contributed by atoms with Gasteiger partial charge in [0.25, 0.3) is 0 Å². The third kappa shape index (κ3) is 2.52. The summed E-state index contributed by atoms with van der Waals surface area (Å²) in [5.41, 5.74) is -3.05. The number of hydrogen-bond acceptors (Lipinski definition) is 1. The van der Waals surface area contributed by atoms with Gasteiger partial charge in [-0.15, -0.1) is 0 Å². The van der Waals surface area contributed by atoms with Crippen LogP contribution >= 0.6 is 11.6 Å². The average molecular weight is 225 g/mol. The van der Waals surface area contributed by atoms with Gasteiger partial charge in [0.05, 0.1) is 0 Å². The van der Waals surface area contributed by atoms with Crippen LogP contribution in [0.1, 0.15) is 13.8 Å². The summed E-state index contributed by atoms with van der Waals surface area (Å²) in [4.78, 5) is 10.4. The quantitative estimate of drug-likeness (QED) is 0.532. The maximum absolute atomic E-state index is 12.6. The second-order valence-electron chi connectivity index (χ2n) is 2.87. The number of hydrogen-bond donors (Lipinski definition) is 0. The Kier molecular flexibility index (Phi) is 2.98. The monoisotopic (exact) mass is 224 g/mol. The summed E-state index contributed by atoms with van der Waals surface area (Å²) in [5, 5.41) is -5.08. The van der Waals surface area contributed by atoms with Crippen molar-refractivity contribution in [3.05, 3.63) is 0 Å². The van der Waals surface area contributed by atoms with Gasteiger partial charge >= 0.3 is 11.3 Å². The molecule has 78 valence electrons. The van der Waals surface area contributed by atoms with Gasteiger partial charge < -0.3 is 0 Å². The van der Waals surface area contributed by atoms with Crippen molar-refractivity contribution in [1.82, 2.24) is 0 Å². The van der Waals surface area contributed by atoms with Crippen LogP contribution in [0.4, 0.5) is 22.0 Å². The molecule has 0 aliphatic carbocycles. The first-order valence-electron chi connectivity index (χ1n) is 3.09. The van der Waals surface area contributed by atoms with Crippen LogP contribution in [0.2, 0.25) is 0 Å². The molecule has 7 heteroatoms. The van der Waals surface area contributed by atoms with Gasteiger partial charge in [0.15, 0.2) is 5.67 Å². The smallest absolute Gasteiger partial charge is 0.289 e. The molecule has 13 heavy (non-hydrogen) atoms. The number of rotatable bonds is 3. The first kappa shape index (κ1) is 12.6. The van der Waals surface area contributed by atoms with E-state index in [4.69, 9.17) is 0 Å². The highest BCUT2D eigenvalue weighted by Crippen LogP contribution is 2.41. The zero-order valence-corrected chi connectivity index (χ0v) is 7.43. The van der Waals surface area contributed by atoms with E-state index in [1.54, 1.807) is 0 Å². The molecule has 0 fully saturated rings. The highest BCUT2D eigenvalue weighted by molar-refractivity contribution is 6.24. The van der Waals surface area contributed by atoms with Crippen molar-refractivity contribution < 1.29 is 26.7 Å². The minimum Gasteiger partial charge on any atom is -0.289 e. The Hall–Kier alpha value is -0.390. The van der Waals surface area contributed by atoms with Crippen LogP contribution in [0.15, 0.2) is 0 Å². The number of ketones is 1. The standard InChI is InChI=1S/C6H6ClF5O/c1-4(2,8)3(13)5(9,10)6(7,11)12/h1-2H3. The van der Waals surface area contributed by atoms with E-state index < -0.39 is 22.8 Å². The number of carbonyl (C=O) groups excluding carboxylic acids is 1. The molecule has 1 nitrogen and oxygen atoms in total. The van der Waals surface area contributed by atoms with Crippen molar-refractivity contribution in [2.75, 3.05) is 0 Å². The molecule has 0 spiro atoms. The van der Waals surface area contributed by atoms with E-state index in [-0.39, 0.29) is 0 Å². The molecule has 0 aromatic carbocycles. The van der Waals surface area contributed by atoms with E-state index in [1.165, 1.54) is 0 Å². The molecule has 0 amide bonds. The van der Waals surface area contributed by atoms with Crippen molar-refractivity contribution in [3.8, 4) is 0 Å². The summed E-state index contributed by atoms with van der Waals surface area (Å²) in [6, 6.07) is 0. The summed E-state index contributed by atoms with van der Waals surface area (Å²) in [6.45, 7) is 0.901. The molecule has 0 saturated heterocycles. The van der Waals surface area contributed by atoms with Crippen molar-refractivity contribution in [1.29, 1.82) is 0 Å². The van der Waals surface area contributed by atoms with E-state index in [0.717, 1.165) is 0 Å². The van der Waals surface area contributed by atoms with E-state index in [0.29, 0.717) is 13.8 Å². The van der Waals surface area contributed by atoms with Crippen LogP contribution in [0, 0.1) is 0 Å². The van der Waals surface area contributed by atoms with Gasteiger partial charge in [-0.25, -0.2) is 4.39 Å². The van der Waals surface area contributed by atoms with Crippen molar-refractivity contribution in [2.45, 2.75) is 30.8 Å². The third-order valence-corrected chi connectivity index (χ3v) is 1.42. The maximum atomic E-state index is 12.6. The highest BCUT2D eigenvalue weighted by Gasteiger charge is 2.64. The molecule has 0 aromatic rings. The third-order valence-electron chi connectivity index (χ3n) is 1.18. The molecular formula is C6H6ClF5O. The van der Waals surface area contributed by atoms with Gasteiger partial charge in [-0.1, -0.05) is 0 Å². The van der Waals surface area contributed by atoms with Crippen LogP contribution in [-0.4, -0.2) is 22.8 Å². The molecular weight excluding hydrogens is 219 g/mol. The fraction of sp³-hybridized carbons (Fsp3) is 0.833. The van der Waals surface area contributed by atoms with Gasteiger partial charge in [-0.05, 0) is 25.4 Å². The molecule has 0 bridgehead atoms. The molecule has 0 N–H and O–H groups in total. The Morgan fingerprint density at radius 2 is 1.38 bits per heavy atom. The summed E-state index contributed by atoms with van der Waals surface area (Å²) in [5.74, 6) is -7.74. The van der Waals surface area contributed by atoms with Crippen molar-refractivity contribution >= 4 is 17.4 Å². The van der Waals surface area contributed by atoms with Gasteiger partial charge in [0.2, 0.25) is 5.78 Å². The Morgan fingerprint density at radius 1 is 1.08 bits per heavy atom. The zero-order valence-electron chi connectivity index (χ0n) is 6.68. The fourth-order valence-electron chi connectivity index (χ4n) is 0.502. The highest BCUT2D eigenvalue weighted by atomic mass is 35.5. The number of carbonyl (C=O) groups is 1. The molecule has 0 unspecified atom stereocenters. The second kappa shape index (κ2) is 3.08. The van der Waals surface area contributed by atoms with E-state index in [9.17, 15) is 26.7 Å². The van der Waals surface area contributed by atoms with Gasteiger partial charge in [0, 0.05) is 0 Å². The molecule has 0 aliphatic rings. The van der Waals surface area contributed by atoms with Crippen LogP contribution in [0.3, 0.4) is 0 Å². The molecule has 0 radical (unpaired) electrons. The Morgan fingerprint density at radius 3 is 1.46 bits per heavy atom. The number of Topliss-reactive ketones (excluding diaryl/α,β-unsaturated/α-hetero) is 1. The summed E-state index contributed by atoms with van der Waals surface area (Å²) < 4.78 is 61.1. The van der Waals surface area contributed by atoms with Gasteiger partial charge in [-0.3, -0.25) is 4.79 Å².